The van der Waals surface area contributed by atoms with Crippen LogP contribution < -0.4 is 10.1 Å². The van der Waals surface area contributed by atoms with Gasteiger partial charge < -0.3 is 14.6 Å². The molecule has 112 valence electrons. The summed E-state index contributed by atoms with van der Waals surface area (Å²) < 4.78 is 10.6. The molecule has 1 aromatic carbocycles. The van der Waals surface area contributed by atoms with Crippen molar-refractivity contribution in [3.8, 4) is 5.75 Å². The molecule has 0 saturated heterocycles. The van der Waals surface area contributed by atoms with Gasteiger partial charge in [-0.05, 0) is 43.9 Å². The summed E-state index contributed by atoms with van der Waals surface area (Å²) in [6.45, 7) is 3.66. The molecule has 1 aromatic heterocycles. The molecular formula is C15H18N2O3S. The van der Waals surface area contributed by atoms with Gasteiger partial charge >= 0.3 is 0 Å². The number of aromatic nitrogens is 1. The SMILES string of the molecule is CCC(Oc1ccc(SC)cc1)C(=O)Nc1cc(C)on1. The highest BCUT2D eigenvalue weighted by molar-refractivity contribution is 7.98. The lowest BCUT2D eigenvalue weighted by Crippen LogP contribution is -2.32. The normalized spacial score (nSPS) is 12.0. The fourth-order valence-electron chi connectivity index (χ4n) is 1.77. The van der Waals surface area contributed by atoms with Gasteiger partial charge in [0.2, 0.25) is 0 Å². The Morgan fingerprint density at radius 1 is 1.43 bits per heavy atom. The second-order valence-electron chi connectivity index (χ2n) is 4.50. The third-order valence-electron chi connectivity index (χ3n) is 2.88. The summed E-state index contributed by atoms with van der Waals surface area (Å²) in [7, 11) is 0. The highest BCUT2D eigenvalue weighted by Crippen LogP contribution is 2.20. The average Bonchev–Trinajstić information content (AvgIpc) is 2.90. The Morgan fingerprint density at radius 3 is 2.67 bits per heavy atom. The molecule has 0 saturated carbocycles. The molecular weight excluding hydrogens is 288 g/mol. The number of thioether (sulfide) groups is 1. The molecule has 6 heteroatoms. The summed E-state index contributed by atoms with van der Waals surface area (Å²) in [6, 6.07) is 9.32. The van der Waals surface area contributed by atoms with Gasteiger partial charge in [0.1, 0.15) is 11.5 Å². The molecule has 1 heterocycles. The fraction of sp³-hybridized carbons (Fsp3) is 0.333. The number of rotatable bonds is 6. The Labute approximate surface area is 128 Å². The molecule has 0 radical (unpaired) electrons. The smallest absolute Gasteiger partial charge is 0.266 e. The summed E-state index contributed by atoms with van der Waals surface area (Å²) in [5.74, 6) is 1.48. The average molecular weight is 306 g/mol. The van der Waals surface area contributed by atoms with Crippen LogP contribution in [0.2, 0.25) is 0 Å². The minimum absolute atomic E-state index is 0.236. The number of aryl methyl sites for hydroxylation is 1. The van der Waals surface area contributed by atoms with Gasteiger partial charge in [-0.15, -0.1) is 11.8 Å². The van der Waals surface area contributed by atoms with Crippen LogP contribution in [0.3, 0.4) is 0 Å². The number of amides is 1. The Balaban J connectivity index is 1.99. The number of carbonyl (C=O) groups is 1. The fourth-order valence-corrected chi connectivity index (χ4v) is 2.18. The van der Waals surface area contributed by atoms with Crippen LogP contribution in [0.25, 0.3) is 0 Å². The number of benzene rings is 1. The van der Waals surface area contributed by atoms with Gasteiger partial charge in [0.25, 0.3) is 5.91 Å². The van der Waals surface area contributed by atoms with Gasteiger partial charge in [-0.3, -0.25) is 4.79 Å². The van der Waals surface area contributed by atoms with Crippen LogP contribution in [0.1, 0.15) is 19.1 Å². The monoisotopic (exact) mass is 306 g/mol. The highest BCUT2D eigenvalue weighted by Gasteiger charge is 2.19. The summed E-state index contributed by atoms with van der Waals surface area (Å²) in [5, 5.41) is 6.42. The molecule has 0 aliphatic rings. The van der Waals surface area contributed by atoms with Gasteiger partial charge in [0.15, 0.2) is 11.9 Å². The maximum atomic E-state index is 12.2. The number of carbonyl (C=O) groups excluding carboxylic acids is 1. The van der Waals surface area contributed by atoms with Crippen LogP contribution in [-0.2, 0) is 4.79 Å². The number of nitrogens with zero attached hydrogens (tertiary/aromatic N) is 1. The predicted molar refractivity (Wildman–Crippen MR) is 82.8 cm³/mol. The van der Waals surface area contributed by atoms with Crippen molar-refractivity contribution in [2.24, 2.45) is 0 Å². The Kier molecular flexibility index (Phi) is 5.27. The largest absolute Gasteiger partial charge is 0.481 e. The van der Waals surface area contributed by atoms with Crippen LogP contribution in [0, 0.1) is 6.92 Å². The highest BCUT2D eigenvalue weighted by atomic mass is 32.2. The maximum absolute atomic E-state index is 12.2. The number of hydrogen-bond donors (Lipinski definition) is 1. The predicted octanol–water partition coefficient (Wildman–Crippen LogP) is 3.50. The number of ether oxygens (including phenoxy) is 1. The number of anilines is 1. The van der Waals surface area contributed by atoms with Crippen molar-refractivity contribution in [2.45, 2.75) is 31.3 Å². The van der Waals surface area contributed by atoms with Crippen molar-refractivity contribution in [2.75, 3.05) is 11.6 Å². The second kappa shape index (κ2) is 7.17. The standard InChI is InChI=1S/C15H18N2O3S/c1-4-13(15(18)16-14-9-10(2)20-17-14)19-11-5-7-12(21-3)8-6-11/h5-9,13H,4H2,1-3H3,(H,16,17,18). The molecule has 1 atom stereocenters. The van der Waals surface area contributed by atoms with E-state index in [9.17, 15) is 4.79 Å². The topological polar surface area (TPSA) is 64.4 Å². The van der Waals surface area contributed by atoms with Crippen molar-refractivity contribution in [1.82, 2.24) is 5.16 Å². The zero-order valence-electron chi connectivity index (χ0n) is 12.3. The lowest BCUT2D eigenvalue weighted by Gasteiger charge is -2.16. The first-order valence-corrected chi connectivity index (χ1v) is 7.89. The first kappa shape index (κ1) is 15.4. The van der Waals surface area contributed by atoms with E-state index in [1.807, 2.05) is 37.4 Å². The lowest BCUT2D eigenvalue weighted by atomic mass is 10.2. The quantitative estimate of drug-likeness (QED) is 0.827. The molecule has 1 N–H and O–H groups in total. The molecule has 0 bridgehead atoms. The van der Waals surface area contributed by atoms with Crippen molar-refractivity contribution in [1.29, 1.82) is 0 Å². The molecule has 0 aliphatic heterocycles. The lowest BCUT2D eigenvalue weighted by molar-refractivity contribution is -0.122. The van der Waals surface area contributed by atoms with Crippen LogP contribution >= 0.6 is 11.8 Å². The van der Waals surface area contributed by atoms with E-state index in [1.165, 1.54) is 0 Å². The molecule has 0 spiro atoms. The molecule has 21 heavy (non-hydrogen) atoms. The number of nitrogens with one attached hydrogen (secondary N) is 1. The molecule has 0 fully saturated rings. The van der Waals surface area contributed by atoms with E-state index < -0.39 is 6.10 Å². The van der Waals surface area contributed by atoms with Crippen molar-refractivity contribution >= 4 is 23.5 Å². The minimum atomic E-state index is -0.567. The van der Waals surface area contributed by atoms with Crippen LogP contribution in [-0.4, -0.2) is 23.4 Å². The van der Waals surface area contributed by atoms with E-state index in [1.54, 1.807) is 24.8 Å². The first-order valence-electron chi connectivity index (χ1n) is 6.67. The van der Waals surface area contributed by atoms with E-state index in [4.69, 9.17) is 9.26 Å². The molecule has 2 aromatic rings. The van der Waals surface area contributed by atoms with E-state index in [-0.39, 0.29) is 5.91 Å². The summed E-state index contributed by atoms with van der Waals surface area (Å²) in [5.41, 5.74) is 0. The van der Waals surface area contributed by atoms with E-state index >= 15 is 0 Å². The van der Waals surface area contributed by atoms with Gasteiger partial charge in [0.05, 0.1) is 0 Å². The Hall–Kier alpha value is -1.95. The van der Waals surface area contributed by atoms with Crippen molar-refractivity contribution in [3.05, 3.63) is 36.1 Å². The van der Waals surface area contributed by atoms with E-state index in [0.29, 0.717) is 23.7 Å². The molecule has 1 amide bonds. The molecule has 1 unspecified atom stereocenters. The zero-order valence-corrected chi connectivity index (χ0v) is 13.1. The van der Waals surface area contributed by atoms with E-state index in [0.717, 1.165) is 4.90 Å². The van der Waals surface area contributed by atoms with E-state index in [2.05, 4.69) is 10.5 Å². The zero-order chi connectivity index (χ0) is 15.2. The third-order valence-corrected chi connectivity index (χ3v) is 3.62. The van der Waals surface area contributed by atoms with Gasteiger partial charge in [-0.2, -0.15) is 0 Å². The second-order valence-corrected chi connectivity index (χ2v) is 5.38. The number of hydrogen-bond acceptors (Lipinski definition) is 5. The third kappa shape index (κ3) is 4.26. The van der Waals surface area contributed by atoms with Gasteiger partial charge in [-0.25, -0.2) is 0 Å². The molecule has 2 rings (SSSR count). The van der Waals surface area contributed by atoms with Crippen molar-refractivity contribution < 1.29 is 14.1 Å². The van der Waals surface area contributed by atoms with Crippen LogP contribution in [0.15, 0.2) is 39.8 Å². The van der Waals surface area contributed by atoms with Gasteiger partial charge in [0, 0.05) is 11.0 Å². The molecule has 0 aliphatic carbocycles. The maximum Gasteiger partial charge on any atom is 0.266 e. The first-order chi connectivity index (χ1) is 10.1. The Bertz CT molecular complexity index is 595. The summed E-state index contributed by atoms with van der Waals surface area (Å²) in [6.07, 6.45) is 2.01. The van der Waals surface area contributed by atoms with Crippen LogP contribution in [0.4, 0.5) is 5.82 Å². The molecule has 5 nitrogen and oxygen atoms in total. The van der Waals surface area contributed by atoms with Gasteiger partial charge in [-0.1, -0.05) is 12.1 Å². The summed E-state index contributed by atoms with van der Waals surface area (Å²) >= 11 is 1.66. The minimum Gasteiger partial charge on any atom is -0.481 e. The summed E-state index contributed by atoms with van der Waals surface area (Å²) in [4.78, 5) is 13.3. The van der Waals surface area contributed by atoms with Crippen molar-refractivity contribution in [3.63, 3.8) is 0 Å². The Morgan fingerprint density at radius 2 is 2.14 bits per heavy atom. The van der Waals surface area contributed by atoms with Crippen LogP contribution in [0.5, 0.6) is 5.75 Å².